The van der Waals surface area contributed by atoms with Gasteiger partial charge < -0.3 is 4.90 Å². The lowest BCUT2D eigenvalue weighted by atomic mass is 10.1. The first-order chi connectivity index (χ1) is 9.17. The first kappa shape index (κ1) is 14.0. The Morgan fingerprint density at radius 3 is 2.53 bits per heavy atom. The fourth-order valence-corrected chi connectivity index (χ4v) is 2.55. The quantitative estimate of drug-likeness (QED) is 0.887. The summed E-state index contributed by atoms with van der Waals surface area (Å²) >= 11 is 0. The zero-order chi connectivity index (χ0) is 13.8. The summed E-state index contributed by atoms with van der Waals surface area (Å²) in [5.41, 5.74) is 0.940. The molecule has 104 valence electrons. The van der Waals surface area contributed by atoms with Crippen LogP contribution in [0.25, 0.3) is 0 Å². The second kappa shape index (κ2) is 6.15. The lowest BCUT2D eigenvalue weighted by Crippen LogP contribution is -2.30. The SMILES string of the molecule is CCCCC1NC(c2ccc(F)cc2)N(CC)C1=O. The number of nitrogens with zero attached hydrogens (tertiary/aromatic N) is 1. The number of carbonyl (C=O) groups is 1. The van der Waals surface area contributed by atoms with E-state index in [0.717, 1.165) is 24.8 Å². The number of benzene rings is 1. The van der Waals surface area contributed by atoms with E-state index < -0.39 is 0 Å². The number of likely N-dealkylation sites (N-methyl/N-ethyl adjacent to an activating group) is 1. The number of carbonyl (C=O) groups excluding carboxylic acids is 1. The fourth-order valence-electron chi connectivity index (χ4n) is 2.55. The smallest absolute Gasteiger partial charge is 0.241 e. The van der Waals surface area contributed by atoms with Crippen molar-refractivity contribution in [2.75, 3.05) is 6.54 Å². The number of rotatable bonds is 5. The van der Waals surface area contributed by atoms with Crippen LogP contribution < -0.4 is 5.32 Å². The summed E-state index contributed by atoms with van der Waals surface area (Å²) in [7, 11) is 0. The van der Waals surface area contributed by atoms with Crippen LogP contribution in [0.2, 0.25) is 0 Å². The van der Waals surface area contributed by atoms with Gasteiger partial charge in [-0.15, -0.1) is 0 Å². The van der Waals surface area contributed by atoms with Crippen LogP contribution in [0.5, 0.6) is 0 Å². The van der Waals surface area contributed by atoms with Gasteiger partial charge in [-0.3, -0.25) is 10.1 Å². The second-order valence-electron chi connectivity index (χ2n) is 4.94. The highest BCUT2D eigenvalue weighted by atomic mass is 19.1. The maximum Gasteiger partial charge on any atom is 0.241 e. The van der Waals surface area contributed by atoms with Crippen LogP contribution in [0.4, 0.5) is 4.39 Å². The molecule has 1 aromatic carbocycles. The maximum absolute atomic E-state index is 13.0. The molecule has 2 unspecified atom stereocenters. The molecule has 0 aromatic heterocycles. The minimum atomic E-state index is -0.251. The molecular formula is C15H21FN2O. The van der Waals surface area contributed by atoms with E-state index in [1.165, 1.54) is 12.1 Å². The Morgan fingerprint density at radius 2 is 1.95 bits per heavy atom. The molecule has 0 bridgehead atoms. The van der Waals surface area contributed by atoms with E-state index in [1.54, 1.807) is 12.1 Å². The highest BCUT2D eigenvalue weighted by Crippen LogP contribution is 2.27. The van der Waals surface area contributed by atoms with Crippen LogP contribution in [0, 0.1) is 5.82 Å². The Kier molecular flexibility index (Phi) is 4.53. The van der Waals surface area contributed by atoms with Gasteiger partial charge in [0.1, 0.15) is 12.0 Å². The molecule has 0 saturated carbocycles. The van der Waals surface area contributed by atoms with Crippen molar-refractivity contribution in [3.8, 4) is 0 Å². The molecule has 0 aliphatic carbocycles. The average molecular weight is 264 g/mol. The molecule has 1 fully saturated rings. The zero-order valence-corrected chi connectivity index (χ0v) is 11.5. The van der Waals surface area contributed by atoms with E-state index in [2.05, 4.69) is 12.2 Å². The molecule has 2 rings (SSSR count). The third-order valence-corrected chi connectivity index (χ3v) is 3.62. The summed E-state index contributed by atoms with van der Waals surface area (Å²) in [5, 5.41) is 3.37. The first-order valence-electron chi connectivity index (χ1n) is 6.99. The molecule has 0 spiro atoms. The predicted octanol–water partition coefficient (Wildman–Crippen LogP) is 2.83. The van der Waals surface area contributed by atoms with Crippen LogP contribution in [-0.2, 0) is 4.79 Å². The summed E-state index contributed by atoms with van der Waals surface area (Å²) < 4.78 is 13.0. The van der Waals surface area contributed by atoms with Crippen LogP contribution >= 0.6 is 0 Å². The number of halogens is 1. The Morgan fingerprint density at radius 1 is 1.26 bits per heavy atom. The zero-order valence-electron chi connectivity index (χ0n) is 11.5. The Balaban J connectivity index is 2.15. The van der Waals surface area contributed by atoms with Crippen LogP contribution in [-0.4, -0.2) is 23.4 Å². The minimum absolute atomic E-state index is 0.102. The van der Waals surface area contributed by atoms with E-state index in [9.17, 15) is 9.18 Å². The predicted molar refractivity (Wildman–Crippen MR) is 73.0 cm³/mol. The summed E-state index contributed by atoms with van der Waals surface area (Å²) in [6.07, 6.45) is 2.86. The van der Waals surface area contributed by atoms with Crippen LogP contribution in [0.3, 0.4) is 0 Å². The Hall–Kier alpha value is -1.42. The Labute approximate surface area is 113 Å². The molecule has 3 nitrogen and oxygen atoms in total. The fraction of sp³-hybridized carbons (Fsp3) is 0.533. The molecule has 0 radical (unpaired) electrons. The van der Waals surface area contributed by atoms with E-state index in [-0.39, 0.29) is 23.9 Å². The van der Waals surface area contributed by atoms with Gasteiger partial charge in [0.25, 0.3) is 0 Å². The highest BCUT2D eigenvalue weighted by molar-refractivity contribution is 5.84. The van der Waals surface area contributed by atoms with Crippen molar-refractivity contribution in [3.63, 3.8) is 0 Å². The van der Waals surface area contributed by atoms with Gasteiger partial charge in [-0.05, 0) is 31.0 Å². The normalized spacial score (nSPS) is 23.1. The molecule has 1 amide bonds. The number of nitrogens with one attached hydrogen (secondary N) is 1. The molecule has 1 aromatic rings. The largest absolute Gasteiger partial charge is 0.322 e. The molecule has 4 heteroatoms. The van der Waals surface area contributed by atoms with E-state index in [1.807, 2.05) is 11.8 Å². The van der Waals surface area contributed by atoms with Gasteiger partial charge in [-0.2, -0.15) is 0 Å². The van der Waals surface area contributed by atoms with E-state index in [4.69, 9.17) is 0 Å². The molecule has 2 atom stereocenters. The minimum Gasteiger partial charge on any atom is -0.322 e. The molecule has 1 heterocycles. The van der Waals surface area contributed by atoms with Crippen molar-refractivity contribution >= 4 is 5.91 Å². The third-order valence-electron chi connectivity index (χ3n) is 3.62. The molecule has 1 saturated heterocycles. The van der Waals surface area contributed by atoms with Crippen molar-refractivity contribution < 1.29 is 9.18 Å². The summed E-state index contributed by atoms with van der Waals surface area (Å²) in [6, 6.07) is 6.26. The van der Waals surface area contributed by atoms with Crippen molar-refractivity contribution in [2.45, 2.75) is 45.3 Å². The van der Waals surface area contributed by atoms with Gasteiger partial charge in [-0.1, -0.05) is 31.9 Å². The molecule has 1 aliphatic rings. The monoisotopic (exact) mass is 264 g/mol. The Bertz CT molecular complexity index is 432. The summed E-state index contributed by atoms with van der Waals surface area (Å²) in [5.74, 6) is -0.0936. The van der Waals surface area contributed by atoms with E-state index >= 15 is 0 Å². The number of hydrogen-bond acceptors (Lipinski definition) is 2. The van der Waals surface area contributed by atoms with Gasteiger partial charge in [0.05, 0.1) is 6.04 Å². The van der Waals surface area contributed by atoms with Crippen molar-refractivity contribution in [1.82, 2.24) is 10.2 Å². The van der Waals surface area contributed by atoms with Crippen LogP contribution in [0.15, 0.2) is 24.3 Å². The van der Waals surface area contributed by atoms with Gasteiger partial charge in [0.2, 0.25) is 5.91 Å². The van der Waals surface area contributed by atoms with Crippen molar-refractivity contribution in [1.29, 1.82) is 0 Å². The van der Waals surface area contributed by atoms with E-state index in [0.29, 0.717) is 6.54 Å². The topological polar surface area (TPSA) is 32.3 Å². The number of amides is 1. The summed E-state index contributed by atoms with van der Waals surface area (Å²) in [4.78, 5) is 14.1. The molecule has 19 heavy (non-hydrogen) atoms. The summed E-state index contributed by atoms with van der Waals surface area (Å²) in [6.45, 7) is 4.75. The number of hydrogen-bond donors (Lipinski definition) is 1. The van der Waals surface area contributed by atoms with Gasteiger partial charge >= 0.3 is 0 Å². The van der Waals surface area contributed by atoms with Gasteiger partial charge in [0, 0.05) is 6.54 Å². The lowest BCUT2D eigenvalue weighted by Gasteiger charge is -2.22. The average Bonchev–Trinajstić information content (AvgIpc) is 2.73. The third kappa shape index (κ3) is 2.95. The second-order valence-corrected chi connectivity index (χ2v) is 4.94. The van der Waals surface area contributed by atoms with Crippen molar-refractivity contribution in [2.24, 2.45) is 0 Å². The standard InChI is InChI=1S/C15H21FN2O/c1-3-5-6-13-15(19)18(4-2)14(17-13)11-7-9-12(16)10-8-11/h7-10,13-14,17H,3-6H2,1-2H3. The van der Waals surface area contributed by atoms with Gasteiger partial charge in [0.15, 0.2) is 0 Å². The van der Waals surface area contributed by atoms with Crippen molar-refractivity contribution in [3.05, 3.63) is 35.6 Å². The molecule has 1 N–H and O–H groups in total. The number of unbranched alkanes of at least 4 members (excludes halogenated alkanes) is 1. The molecular weight excluding hydrogens is 243 g/mol. The maximum atomic E-state index is 13.0. The molecule has 1 aliphatic heterocycles. The lowest BCUT2D eigenvalue weighted by molar-refractivity contribution is -0.130. The first-order valence-corrected chi connectivity index (χ1v) is 6.99. The van der Waals surface area contributed by atoms with Crippen LogP contribution in [0.1, 0.15) is 44.8 Å². The highest BCUT2D eigenvalue weighted by Gasteiger charge is 2.37. The van der Waals surface area contributed by atoms with Gasteiger partial charge in [-0.25, -0.2) is 4.39 Å².